The van der Waals surface area contributed by atoms with E-state index in [9.17, 15) is 4.79 Å². The van der Waals surface area contributed by atoms with Gasteiger partial charge in [0.05, 0.1) is 6.61 Å². The first kappa shape index (κ1) is 18.8. The molecule has 0 saturated carbocycles. The van der Waals surface area contributed by atoms with Gasteiger partial charge in [0.25, 0.3) is 0 Å². The molecule has 1 amide bonds. The summed E-state index contributed by atoms with van der Waals surface area (Å²) in [5.74, 6) is 1.19. The van der Waals surface area contributed by atoms with Crippen LogP contribution < -0.4 is 10.1 Å². The van der Waals surface area contributed by atoms with E-state index in [1.54, 1.807) is 6.07 Å². The molecule has 0 bridgehead atoms. The summed E-state index contributed by atoms with van der Waals surface area (Å²) < 4.78 is 5.66. The van der Waals surface area contributed by atoms with E-state index in [-0.39, 0.29) is 12.5 Å². The Balaban J connectivity index is 2.19. The van der Waals surface area contributed by atoms with Gasteiger partial charge in [0, 0.05) is 24.6 Å². The second-order valence-electron chi connectivity index (χ2n) is 5.45. The lowest BCUT2D eigenvalue weighted by molar-refractivity contribution is -0.121. The molecule has 1 aromatic carbocycles. The number of halogens is 1. The molecule has 4 nitrogen and oxygen atoms in total. The number of benzene rings is 1. The normalized spacial score (nSPS) is 12.0. The summed E-state index contributed by atoms with van der Waals surface area (Å²) in [6, 6.07) is 5.50. The van der Waals surface area contributed by atoms with E-state index < -0.39 is 0 Å². The zero-order valence-corrected chi connectivity index (χ0v) is 14.2. The first-order chi connectivity index (χ1) is 10.6. The molecule has 0 aliphatic carbocycles. The molecule has 0 radical (unpaired) electrons. The number of ether oxygens (including phenoxy) is 1. The van der Waals surface area contributed by atoms with Crippen LogP contribution in [0.5, 0.6) is 5.75 Å². The number of nitrogens with one attached hydrogen (secondary N) is 1. The third-order valence-electron chi connectivity index (χ3n) is 3.65. The lowest BCUT2D eigenvalue weighted by atomic mass is 10.0. The number of carbonyl (C=O) groups excluding carboxylic acids is 1. The summed E-state index contributed by atoms with van der Waals surface area (Å²) >= 11 is 5.89. The van der Waals surface area contributed by atoms with E-state index in [2.05, 4.69) is 12.2 Å². The van der Waals surface area contributed by atoms with E-state index in [1.807, 2.05) is 19.1 Å². The number of carbonyl (C=O) groups is 1. The maximum Gasteiger partial charge on any atom is 0.220 e. The van der Waals surface area contributed by atoms with Gasteiger partial charge in [-0.1, -0.05) is 24.9 Å². The minimum atomic E-state index is 0.0350. The van der Waals surface area contributed by atoms with Crippen molar-refractivity contribution >= 4 is 17.5 Å². The van der Waals surface area contributed by atoms with Crippen molar-refractivity contribution in [2.24, 2.45) is 5.92 Å². The van der Waals surface area contributed by atoms with Gasteiger partial charge in [-0.15, -0.1) is 0 Å². The topological polar surface area (TPSA) is 58.6 Å². The Morgan fingerprint density at radius 1 is 1.45 bits per heavy atom. The van der Waals surface area contributed by atoms with Crippen molar-refractivity contribution in [3.63, 3.8) is 0 Å². The van der Waals surface area contributed by atoms with E-state index in [0.29, 0.717) is 36.9 Å². The molecule has 1 atom stereocenters. The standard InChI is InChI=1S/C17H26ClNO3/c1-3-14(8-9-20)12-19-17(21)5-4-10-22-16-7-6-15(18)11-13(16)2/h6-7,11,14,20H,3-5,8-10,12H2,1-2H3,(H,19,21). The molecule has 1 rings (SSSR count). The third-order valence-corrected chi connectivity index (χ3v) is 3.88. The van der Waals surface area contributed by atoms with Crippen molar-refractivity contribution in [2.75, 3.05) is 19.8 Å². The maximum atomic E-state index is 11.7. The summed E-state index contributed by atoms with van der Waals surface area (Å²) in [5.41, 5.74) is 0.992. The maximum absolute atomic E-state index is 11.7. The molecule has 5 heteroatoms. The average Bonchev–Trinajstić information content (AvgIpc) is 2.49. The molecule has 0 spiro atoms. The molecule has 0 saturated heterocycles. The van der Waals surface area contributed by atoms with Gasteiger partial charge >= 0.3 is 0 Å². The second-order valence-corrected chi connectivity index (χ2v) is 5.89. The molecule has 0 aromatic heterocycles. The summed E-state index contributed by atoms with van der Waals surface area (Å²) in [6.45, 7) is 5.31. The predicted octanol–water partition coefficient (Wildman–Crippen LogP) is 3.33. The van der Waals surface area contributed by atoms with Crippen molar-refractivity contribution in [1.82, 2.24) is 5.32 Å². The van der Waals surface area contributed by atoms with Crippen LogP contribution >= 0.6 is 11.6 Å². The minimum absolute atomic E-state index is 0.0350. The van der Waals surface area contributed by atoms with Gasteiger partial charge in [-0.2, -0.15) is 0 Å². The van der Waals surface area contributed by atoms with Crippen LogP contribution in [-0.2, 0) is 4.79 Å². The Bertz CT molecular complexity index is 465. The zero-order valence-electron chi connectivity index (χ0n) is 13.4. The molecule has 1 aromatic rings. The third kappa shape index (κ3) is 7.14. The van der Waals surface area contributed by atoms with Crippen molar-refractivity contribution < 1.29 is 14.6 Å². The summed E-state index contributed by atoms with van der Waals surface area (Å²) in [7, 11) is 0. The Kier molecular flexibility index (Phi) is 8.94. The van der Waals surface area contributed by atoms with Crippen LogP contribution in [0.3, 0.4) is 0 Å². The Hall–Kier alpha value is -1.26. The quantitative estimate of drug-likeness (QED) is 0.648. The van der Waals surface area contributed by atoms with E-state index in [4.69, 9.17) is 21.4 Å². The van der Waals surface area contributed by atoms with Crippen LogP contribution in [-0.4, -0.2) is 30.8 Å². The van der Waals surface area contributed by atoms with E-state index in [0.717, 1.165) is 24.2 Å². The van der Waals surface area contributed by atoms with Gasteiger partial charge in [0.15, 0.2) is 0 Å². The molecule has 22 heavy (non-hydrogen) atoms. The van der Waals surface area contributed by atoms with Gasteiger partial charge in [-0.05, 0) is 49.4 Å². The van der Waals surface area contributed by atoms with Gasteiger partial charge in [0.1, 0.15) is 5.75 Å². The van der Waals surface area contributed by atoms with Gasteiger partial charge in [-0.25, -0.2) is 0 Å². The number of aliphatic hydroxyl groups is 1. The molecule has 0 fully saturated rings. The summed E-state index contributed by atoms with van der Waals surface area (Å²) in [5, 5.41) is 12.5. The molecule has 2 N–H and O–H groups in total. The van der Waals surface area contributed by atoms with E-state index in [1.165, 1.54) is 0 Å². The minimum Gasteiger partial charge on any atom is -0.493 e. The highest BCUT2D eigenvalue weighted by molar-refractivity contribution is 6.30. The van der Waals surface area contributed by atoms with Crippen molar-refractivity contribution in [3.8, 4) is 5.75 Å². The molecule has 0 aliphatic heterocycles. The summed E-state index contributed by atoms with van der Waals surface area (Å²) in [4.78, 5) is 11.7. The Labute approximate surface area is 137 Å². The first-order valence-corrected chi connectivity index (χ1v) is 8.21. The molecule has 1 unspecified atom stereocenters. The lowest BCUT2D eigenvalue weighted by Crippen LogP contribution is -2.29. The van der Waals surface area contributed by atoms with Gasteiger partial charge in [0.2, 0.25) is 5.91 Å². The van der Waals surface area contributed by atoms with Gasteiger partial charge < -0.3 is 15.2 Å². The van der Waals surface area contributed by atoms with Crippen LogP contribution in [0.4, 0.5) is 0 Å². The van der Waals surface area contributed by atoms with Crippen molar-refractivity contribution in [2.45, 2.75) is 39.5 Å². The molecule has 0 heterocycles. The number of aliphatic hydroxyl groups excluding tert-OH is 1. The number of amides is 1. The number of hydrogen-bond acceptors (Lipinski definition) is 3. The van der Waals surface area contributed by atoms with Crippen molar-refractivity contribution in [1.29, 1.82) is 0 Å². The number of rotatable bonds is 10. The Morgan fingerprint density at radius 2 is 2.23 bits per heavy atom. The van der Waals surface area contributed by atoms with Crippen LogP contribution in [0.25, 0.3) is 0 Å². The molecular formula is C17H26ClNO3. The number of aryl methyl sites for hydroxylation is 1. The fourth-order valence-electron chi connectivity index (χ4n) is 2.17. The van der Waals surface area contributed by atoms with Crippen molar-refractivity contribution in [3.05, 3.63) is 28.8 Å². The Morgan fingerprint density at radius 3 is 2.86 bits per heavy atom. The highest BCUT2D eigenvalue weighted by Crippen LogP contribution is 2.21. The summed E-state index contributed by atoms with van der Waals surface area (Å²) in [6.07, 6.45) is 2.81. The first-order valence-electron chi connectivity index (χ1n) is 7.83. The molecule has 124 valence electrons. The average molecular weight is 328 g/mol. The fourth-order valence-corrected chi connectivity index (χ4v) is 2.40. The highest BCUT2D eigenvalue weighted by atomic mass is 35.5. The molecule has 0 aliphatic rings. The largest absolute Gasteiger partial charge is 0.493 e. The van der Waals surface area contributed by atoms with Gasteiger partial charge in [-0.3, -0.25) is 4.79 Å². The van der Waals surface area contributed by atoms with E-state index >= 15 is 0 Å². The monoisotopic (exact) mass is 327 g/mol. The smallest absolute Gasteiger partial charge is 0.220 e. The second kappa shape index (κ2) is 10.5. The fraction of sp³-hybridized carbons (Fsp3) is 0.588. The molecular weight excluding hydrogens is 302 g/mol. The van der Waals surface area contributed by atoms with Crippen LogP contribution in [0, 0.1) is 12.8 Å². The van der Waals surface area contributed by atoms with Crippen LogP contribution in [0.15, 0.2) is 18.2 Å². The predicted molar refractivity (Wildman–Crippen MR) is 89.4 cm³/mol. The SMILES string of the molecule is CCC(CCO)CNC(=O)CCCOc1ccc(Cl)cc1C. The zero-order chi connectivity index (χ0) is 16.4. The van der Waals surface area contributed by atoms with Crippen LogP contribution in [0.2, 0.25) is 5.02 Å². The van der Waals surface area contributed by atoms with Crippen LogP contribution in [0.1, 0.15) is 38.2 Å². The number of hydrogen-bond donors (Lipinski definition) is 2. The highest BCUT2D eigenvalue weighted by Gasteiger charge is 2.08. The lowest BCUT2D eigenvalue weighted by Gasteiger charge is -2.14.